The van der Waals surface area contributed by atoms with Gasteiger partial charge in [-0.2, -0.15) is 0 Å². The lowest BCUT2D eigenvalue weighted by Crippen LogP contribution is -2.17. The quantitative estimate of drug-likeness (QED) is 0.915. The first-order chi connectivity index (χ1) is 8.97. The summed E-state index contributed by atoms with van der Waals surface area (Å²) >= 11 is 5.88. The van der Waals surface area contributed by atoms with Gasteiger partial charge in [0.15, 0.2) is 0 Å². The number of aromatic nitrogens is 2. The number of benzene rings is 1. The predicted octanol–water partition coefficient (Wildman–Crippen LogP) is 3.31. The van der Waals surface area contributed by atoms with Gasteiger partial charge in [-0.3, -0.25) is 4.79 Å². The molecule has 1 N–H and O–H groups in total. The standard InChI is InChI=1S/C14H14ClN3O/c1-8-13(9(2)17-10(3)16-8)14(19)18-12-6-4-5-11(15)7-12/h4-7H,1-3H3,(H,18,19). The van der Waals surface area contributed by atoms with Crippen molar-refractivity contribution in [2.45, 2.75) is 20.8 Å². The number of carbonyl (C=O) groups excluding carboxylic acids is 1. The largest absolute Gasteiger partial charge is 0.322 e. The van der Waals surface area contributed by atoms with E-state index in [1.54, 1.807) is 45.0 Å². The number of rotatable bonds is 2. The Hall–Kier alpha value is -1.94. The number of halogens is 1. The molecule has 2 aromatic rings. The van der Waals surface area contributed by atoms with E-state index in [1.165, 1.54) is 0 Å². The molecule has 0 aliphatic carbocycles. The van der Waals surface area contributed by atoms with Crippen molar-refractivity contribution >= 4 is 23.2 Å². The summed E-state index contributed by atoms with van der Waals surface area (Å²) in [7, 11) is 0. The van der Waals surface area contributed by atoms with E-state index in [1.807, 2.05) is 0 Å². The molecule has 0 aliphatic heterocycles. The highest BCUT2D eigenvalue weighted by Crippen LogP contribution is 2.17. The van der Waals surface area contributed by atoms with Gasteiger partial charge in [-0.1, -0.05) is 17.7 Å². The molecule has 0 aliphatic rings. The molecule has 4 nitrogen and oxygen atoms in total. The lowest BCUT2D eigenvalue weighted by molar-refractivity contribution is 0.102. The molecule has 1 amide bonds. The maximum atomic E-state index is 12.2. The second-order valence-corrected chi connectivity index (χ2v) is 4.72. The second-order valence-electron chi connectivity index (χ2n) is 4.28. The lowest BCUT2D eigenvalue weighted by atomic mass is 10.1. The van der Waals surface area contributed by atoms with E-state index >= 15 is 0 Å². The smallest absolute Gasteiger partial charge is 0.259 e. The molecule has 0 saturated heterocycles. The van der Waals surface area contributed by atoms with Crippen LogP contribution in [0.25, 0.3) is 0 Å². The first kappa shape index (κ1) is 13.5. The highest BCUT2D eigenvalue weighted by Gasteiger charge is 2.15. The van der Waals surface area contributed by atoms with E-state index < -0.39 is 0 Å². The van der Waals surface area contributed by atoms with Crippen LogP contribution in [-0.2, 0) is 0 Å². The number of hydrogen-bond acceptors (Lipinski definition) is 3. The van der Waals surface area contributed by atoms with Crippen molar-refractivity contribution < 1.29 is 4.79 Å². The molecule has 1 aromatic carbocycles. The van der Waals surface area contributed by atoms with Crippen LogP contribution in [0.15, 0.2) is 24.3 Å². The van der Waals surface area contributed by atoms with E-state index in [9.17, 15) is 4.79 Å². The number of nitrogens with zero attached hydrogens (tertiary/aromatic N) is 2. The van der Waals surface area contributed by atoms with Crippen molar-refractivity contribution in [2.75, 3.05) is 5.32 Å². The molecular formula is C14H14ClN3O. The number of nitrogens with one attached hydrogen (secondary N) is 1. The van der Waals surface area contributed by atoms with Crippen molar-refractivity contribution in [3.05, 3.63) is 52.1 Å². The Morgan fingerprint density at radius 2 is 1.79 bits per heavy atom. The van der Waals surface area contributed by atoms with Crippen molar-refractivity contribution in [1.29, 1.82) is 0 Å². The fraction of sp³-hybridized carbons (Fsp3) is 0.214. The van der Waals surface area contributed by atoms with E-state index in [0.29, 0.717) is 33.5 Å². The third-order valence-corrected chi connectivity index (χ3v) is 2.93. The van der Waals surface area contributed by atoms with E-state index in [-0.39, 0.29) is 5.91 Å². The number of carbonyl (C=O) groups is 1. The van der Waals surface area contributed by atoms with Crippen LogP contribution in [0.2, 0.25) is 5.02 Å². The van der Waals surface area contributed by atoms with Crippen LogP contribution in [0.3, 0.4) is 0 Å². The van der Waals surface area contributed by atoms with Crippen LogP contribution in [0.1, 0.15) is 27.6 Å². The zero-order chi connectivity index (χ0) is 14.0. The van der Waals surface area contributed by atoms with Crippen molar-refractivity contribution in [2.24, 2.45) is 0 Å². The van der Waals surface area contributed by atoms with Gasteiger partial charge in [0, 0.05) is 10.7 Å². The van der Waals surface area contributed by atoms with Crippen LogP contribution < -0.4 is 5.32 Å². The molecular weight excluding hydrogens is 262 g/mol. The van der Waals surface area contributed by atoms with Gasteiger partial charge in [-0.25, -0.2) is 9.97 Å². The Bertz CT molecular complexity index is 617. The molecule has 0 spiro atoms. The summed E-state index contributed by atoms with van der Waals surface area (Å²) in [6, 6.07) is 7.01. The van der Waals surface area contributed by atoms with Crippen LogP contribution in [0.4, 0.5) is 5.69 Å². The highest BCUT2D eigenvalue weighted by molar-refractivity contribution is 6.31. The fourth-order valence-electron chi connectivity index (χ4n) is 1.97. The fourth-order valence-corrected chi connectivity index (χ4v) is 2.16. The normalized spacial score (nSPS) is 10.3. The summed E-state index contributed by atoms with van der Waals surface area (Å²) in [6.07, 6.45) is 0. The van der Waals surface area contributed by atoms with Crippen LogP contribution in [0.5, 0.6) is 0 Å². The lowest BCUT2D eigenvalue weighted by Gasteiger charge is -2.10. The Labute approximate surface area is 116 Å². The maximum absolute atomic E-state index is 12.2. The number of amides is 1. The zero-order valence-corrected chi connectivity index (χ0v) is 11.7. The first-order valence-electron chi connectivity index (χ1n) is 5.86. The molecule has 0 saturated carbocycles. The Morgan fingerprint density at radius 3 is 2.37 bits per heavy atom. The van der Waals surface area contributed by atoms with Crippen molar-refractivity contribution in [1.82, 2.24) is 9.97 Å². The topological polar surface area (TPSA) is 54.9 Å². The van der Waals surface area contributed by atoms with Gasteiger partial charge < -0.3 is 5.32 Å². The molecule has 2 rings (SSSR count). The SMILES string of the molecule is Cc1nc(C)c(C(=O)Nc2cccc(Cl)c2)c(C)n1. The van der Waals surface area contributed by atoms with Gasteiger partial charge in [-0.05, 0) is 39.0 Å². The second kappa shape index (κ2) is 5.36. The van der Waals surface area contributed by atoms with Crippen molar-refractivity contribution in [3.63, 3.8) is 0 Å². The summed E-state index contributed by atoms with van der Waals surface area (Å²) < 4.78 is 0. The van der Waals surface area contributed by atoms with Gasteiger partial charge in [0.25, 0.3) is 5.91 Å². The van der Waals surface area contributed by atoms with Crippen LogP contribution in [-0.4, -0.2) is 15.9 Å². The molecule has 0 radical (unpaired) electrons. The average Bonchev–Trinajstić information content (AvgIpc) is 2.27. The molecule has 19 heavy (non-hydrogen) atoms. The monoisotopic (exact) mass is 275 g/mol. The number of anilines is 1. The summed E-state index contributed by atoms with van der Waals surface area (Å²) in [6.45, 7) is 5.40. The van der Waals surface area contributed by atoms with Crippen molar-refractivity contribution in [3.8, 4) is 0 Å². The molecule has 0 fully saturated rings. The minimum atomic E-state index is -0.225. The van der Waals surface area contributed by atoms with Crippen LogP contribution >= 0.6 is 11.6 Å². The summed E-state index contributed by atoms with van der Waals surface area (Å²) in [5.74, 6) is 0.437. The predicted molar refractivity (Wildman–Crippen MR) is 75.6 cm³/mol. The Morgan fingerprint density at radius 1 is 1.16 bits per heavy atom. The molecule has 1 heterocycles. The van der Waals surface area contributed by atoms with Gasteiger partial charge in [0.1, 0.15) is 5.82 Å². The summed E-state index contributed by atoms with van der Waals surface area (Å²) in [5.41, 5.74) is 2.50. The molecule has 1 aromatic heterocycles. The Balaban J connectivity index is 2.31. The van der Waals surface area contributed by atoms with Gasteiger partial charge >= 0.3 is 0 Å². The third kappa shape index (κ3) is 3.09. The van der Waals surface area contributed by atoms with Crippen LogP contribution in [0, 0.1) is 20.8 Å². The van der Waals surface area contributed by atoms with Gasteiger partial charge in [-0.15, -0.1) is 0 Å². The summed E-state index contributed by atoms with van der Waals surface area (Å²) in [5, 5.41) is 3.37. The van der Waals surface area contributed by atoms with E-state index in [0.717, 1.165) is 0 Å². The third-order valence-electron chi connectivity index (χ3n) is 2.69. The molecule has 5 heteroatoms. The Kier molecular flexibility index (Phi) is 3.81. The number of hydrogen-bond donors (Lipinski definition) is 1. The number of aryl methyl sites for hydroxylation is 3. The minimum Gasteiger partial charge on any atom is -0.322 e. The van der Waals surface area contributed by atoms with Gasteiger partial charge in [0.2, 0.25) is 0 Å². The summed E-state index contributed by atoms with van der Waals surface area (Å²) in [4.78, 5) is 20.7. The maximum Gasteiger partial charge on any atom is 0.259 e. The molecule has 0 unspecified atom stereocenters. The van der Waals surface area contributed by atoms with Gasteiger partial charge in [0.05, 0.1) is 17.0 Å². The van der Waals surface area contributed by atoms with E-state index in [4.69, 9.17) is 11.6 Å². The first-order valence-corrected chi connectivity index (χ1v) is 6.24. The minimum absolute atomic E-state index is 0.225. The highest BCUT2D eigenvalue weighted by atomic mass is 35.5. The molecule has 0 atom stereocenters. The van der Waals surface area contributed by atoms with E-state index in [2.05, 4.69) is 15.3 Å². The molecule has 98 valence electrons. The average molecular weight is 276 g/mol. The molecule has 0 bridgehead atoms. The zero-order valence-electron chi connectivity index (χ0n) is 11.0.